The summed E-state index contributed by atoms with van der Waals surface area (Å²) in [6.45, 7) is 2.45. The molecule has 2 aromatic rings. The van der Waals surface area contributed by atoms with Crippen molar-refractivity contribution >= 4 is 35.6 Å². The molecule has 0 fully saturated rings. The number of guanidine groups is 1. The van der Waals surface area contributed by atoms with Gasteiger partial charge in [0.05, 0.1) is 13.2 Å². The number of anilines is 1. The van der Waals surface area contributed by atoms with E-state index in [-0.39, 0.29) is 48.0 Å². The maximum Gasteiger partial charge on any atom is 0.573 e. The highest BCUT2D eigenvalue weighted by atomic mass is 127. The van der Waals surface area contributed by atoms with E-state index in [1.54, 1.807) is 19.1 Å². The van der Waals surface area contributed by atoms with Gasteiger partial charge in [-0.15, -0.1) is 37.1 Å². The molecular weight excluding hydrogens is 478 g/mol. The van der Waals surface area contributed by atoms with Crippen molar-refractivity contribution in [3.63, 3.8) is 0 Å². The van der Waals surface area contributed by atoms with Gasteiger partial charge in [-0.2, -0.15) is 0 Å². The zero-order chi connectivity index (χ0) is 19.2. The van der Waals surface area contributed by atoms with Crippen molar-refractivity contribution in [1.29, 1.82) is 0 Å². The minimum Gasteiger partial charge on any atom is -0.504 e. The van der Waals surface area contributed by atoms with Crippen LogP contribution in [0.2, 0.25) is 0 Å². The van der Waals surface area contributed by atoms with Crippen LogP contribution in [0.1, 0.15) is 12.5 Å². The number of aliphatic imine (C=N–C) groups is 1. The Morgan fingerprint density at radius 1 is 1.19 bits per heavy atom. The topological polar surface area (TPSA) is 89.1 Å². The molecule has 0 aromatic heterocycles. The number of benzene rings is 2. The van der Waals surface area contributed by atoms with Crippen LogP contribution in [0.15, 0.2) is 47.5 Å². The molecule has 6 nitrogen and oxygen atoms in total. The fraction of sp³-hybridized carbons (Fsp3) is 0.235. The molecule has 0 amide bonds. The van der Waals surface area contributed by atoms with Crippen LogP contribution < -0.4 is 20.5 Å². The van der Waals surface area contributed by atoms with Crippen molar-refractivity contribution in [3.8, 4) is 17.2 Å². The van der Waals surface area contributed by atoms with Gasteiger partial charge < -0.3 is 25.6 Å². The first-order chi connectivity index (χ1) is 12.3. The van der Waals surface area contributed by atoms with Crippen molar-refractivity contribution in [1.82, 2.24) is 0 Å². The normalized spacial score (nSPS) is 11.5. The molecule has 0 spiro atoms. The van der Waals surface area contributed by atoms with E-state index in [2.05, 4.69) is 15.0 Å². The summed E-state index contributed by atoms with van der Waals surface area (Å²) in [7, 11) is 0. The second kappa shape index (κ2) is 10.1. The molecule has 2 aromatic carbocycles. The first kappa shape index (κ1) is 22.7. The number of nitrogens with two attached hydrogens (primary N) is 1. The predicted molar refractivity (Wildman–Crippen MR) is 107 cm³/mol. The van der Waals surface area contributed by atoms with Gasteiger partial charge in [0.2, 0.25) is 0 Å². The van der Waals surface area contributed by atoms with Gasteiger partial charge in [-0.1, -0.05) is 6.07 Å². The Kier molecular flexibility index (Phi) is 8.47. The zero-order valence-corrected chi connectivity index (χ0v) is 16.6. The molecule has 0 aliphatic rings. The summed E-state index contributed by atoms with van der Waals surface area (Å²) in [6, 6.07) is 9.93. The van der Waals surface area contributed by atoms with Gasteiger partial charge in [0.1, 0.15) is 5.75 Å². The fourth-order valence-electron chi connectivity index (χ4n) is 2.03. The summed E-state index contributed by atoms with van der Waals surface area (Å²) in [5, 5.41) is 12.4. The number of nitrogens with one attached hydrogen (secondary N) is 1. The number of hydrogen-bond acceptors (Lipinski definition) is 4. The van der Waals surface area contributed by atoms with Gasteiger partial charge in [-0.05, 0) is 48.9 Å². The summed E-state index contributed by atoms with van der Waals surface area (Å²) in [5.41, 5.74) is 7.00. The lowest BCUT2D eigenvalue weighted by molar-refractivity contribution is -0.274. The van der Waals surface area contributed by atoms with E-state index >= 15 is 0 Å². The van der Waals surface area contributed by atoms with Gasteiger partial charge in [0.25, 0.3) is 0 Å². The Bertz CT molecular complexity index is 768. The summed E-state index contributed by atoms with van der Waals surface area (Å²) < 4.78 is 45.4. The lowest BCUT2D eigenvalue weighted by Gasteiger charge is -2.10. The van der Waals surface area contributed by atoms with Crippen LogP contribution in [0.4, 0.5) is 18.9 Å². The van der Waals surface area contributed by atoms with E-state index in [1.165, 1.54) is 18.2 Å². The molecule has 0 radical (unpaired) electrons. The molecular formula is C17H19F3IN3O3. The van der Waals surface area contributed by atoms with E-state index in [1.807, 2.05) is 0 Å². The first-order valence-corrected chi connectivity index (χ1v) is 7.64. The van der Waals surface area contributed by atoms with Crippen LogP contribution in [-0.2, 0) is 6.54 Å². The second-order valence-corrected chi connectivity index (χ2v) is 5.13. The molecule has 0 unspecified atom stereocenters. The third kappa shape index (κ3) is 7.81. The Labute approximate surface area is 171 Å². The number of halogens is 4. The lowest BCUT2D eigenvalue weighted by atomic mass is 10.2. The van der Waals surface area contributed by atoms with Gasteiger partial charge in [0.15, 0.2) is 17.5 Å². The monoisotopic (exact) mass is 497 g/mol. The number of phenolic OH excluding ortho intramolecular Hbond substituents is 1. The molecule has 0 heterocycles. The number of hydrogen-bond donors (Lipinski definition) is 3. The van der Waals surface area contributed by atoms with E-state index in [4.69, 9.17) is 10.5 Å². The standard InChI is InChI=1S/C17H18F3N3O3.HI/c1-2-25-15-9-11(3-8-14(15)24)10-22-16(21)23-12-4-6-13(7-5-12)26-17(18,19)20;/h3-9,24H,2,10H2,1H3,(H3,21,22,23);1H. The van der Waals surface area contributed by atoms with E-state index in [0.717, 1.165) is 17.7 Å². The number of ether oxygens (including phenoxy) is 2. The molecule has 0 bridgehead atoms. The highest BCUT2D eigenvalue weighted by Crippen LogP contribution is 2.27. The quantitative estimate of drug-likeness (QED) is 0.316. The maximum atomic E-state index is 12.1. The van der Waals surface area contributed by atoms with Gasteiger partial charge in [0, 0.05) is 5.69 Å². The molecule has 0 saturated heterocycles. The summed E-state index contributed by atoms with van der Waals surface area (Å²) in [6.07, 6.45) is -4.74. The van der Waals surface area contributed by atoms with E-state index in [0.29, 0.717) is 18.0 Å². The van der Waals surface area contributed by atoms with Crippen LogP contribution in [0.5, 0.6) is 17.2 Å². The fourth-order valence-corrected chi connectivity index (χ4v) is 2.03. The third-order valence-corrected chi connectivity index (χ3v) is 3.12. The van der Waals surface area contributed by atoms with Crippen LogP contribution >= 0.6 is 24.0 Å². The molecule has 0 saturated carbocycles. The average molecular weight is 497 g/mol. The molecule has 148 valence electrons. The number of alkyl halides is 3. The van der Waals surface area contributed by atoms with E-state index in [9.17, 15) is 18.3 Å². The van der Waals surface area contributed by atoms with Crippen molar-refractivity contribution < 1.29 is 27.8 Å². The Morgan fingerprint density at radius 2 is 1.85 bits per heavy atom. The highest BCUT2D eigenvalue weighted by Gasteiger charge is 2.30. The van der Waals surface area contributed by atoms with Crippen molar-refractivity contribution in [2.75, 3.05) is 11.9 Å². The zero-order valence-electron chi connectivity index (χ0n) is 14.3. The van der Waals surface area contributed by atoms with E-state index < -0.39 is 6.36 Å². The van der Waals surface area contributed by atoms with Crippen LogP contribution in [0.3, 0.4) is 0 Å². The average Bonchev–Trinajstić information content (AvgIpc) is 2.56. The van der Waals surface area contributed by atoms with Crippen molar-refractivity contribution in [2.45, 2.75) is 19.8 Å². The minimum atomic E-state index is -4.74. The Hall–Kier alpha value is -2.37. The molecule has 0 atom stereocenters. The SMILES string of the molecule is CCOc1cc(CN=C(N)Nc2ccc(OC(F)(F)F)cc2)ccc1O.I. The molecule has 0 aliphatic carbocycles. The molecule has 4 N–H and O–H groups in total. The predicted octanol–water partition coefficient (Wildman–Crippen LogP) is 4.23. The van der Waals surface area contributed by atoms with Gasteiger partial charge in [-0.25, -0.2) is 4.99 Å². The number of phenols is 1. The maximum absolute atomic E-state index is 12.1. The third-order valence-electron chi connectivity index (χ3n) is 3.12. The summed E-state index contributed by atoms with van der Waals surface area (Å²) >= 11 is 0. The van der Waals surface area contributed by atoms with Crippen LogP contribution in [0.25, 0.3) is 0 Å². The second-order valence-electron chi connectivity index (χ2n) is 5.13. The summed E-state index contributed by atoms with van der Waals surface area (Å²) in [4.78, 5) is 4.14. The van der Waals surface area contributed by atoms with Gasteiger partial charge >= 0.3 is 6.36 Å². The lowest BCUT2D eigenvalue weighted by Crippen LogP contribution is -2.22. The molecule has 2 rings (SSSR count). The highest BCUT2D eigenvalue weighted by molar-refractivity contribution is 14.0. The minimum absolute atomic E-state index is 0. The van der Waals surface area contributed by atoms with Crippen LogP contribution in [0, 0.1) is 0 Å². The molecule has 27 heavy (non-hydrogen) atoms. The molecule has 0 aliphatic heterocycles. The van der Waals surface area contributed by atoms with Crippen LogP contribution in [-0.4, -0.2) is 24.0 Å². The number of nitrogens with zero attached hydrogens (tertiary/aromatic N) is 1. The number of rotatable bonds is 6. The summed E-state index contributed by atoms with van der Waals surface area (Å²) in [5.74, 6) is 0.144. The Morgan fingerprint density at radius 3 is 2.44 bits per heavy atom. The first-order valence-electron chi connectivity index (χ1n) is 7.64. The smallest absolute Gasteiger partial charge is 0.504 e. The Balaban J connectivity index is 0.00000364. The largest absolute Gasteiger partial charge is 0.573 e. The number of aromatic hydroxyl groups is 1. The van der Waals surface area contributed by atoms with Gasteiger partial charge in [-0.3, -0.25) is 0 Å². The van der Waals surface area contributed by atoms with Crippen molar-refractivity contribution in [3.05, 3.63) is 48.0 Å². The van der Waals surface area contributed by atoms with Crippen molar-refractivity contribution in [2.24, 2.45) is 10.7 Å². The molecule has 10 heteroatoms.